The van der Waals surface area contributed by atoms with Crippen molar-refractivity contribution in [3.8, 4) is 0 Å². The fourth-order valence-electron chi connectivity index (χ4n) is 2.75. The third kappa shape index (κ3) is 3.56. The molecule has 0 unspecified atom stereocenters. The SMILES string of the molecule is CS(=O)(=O)c1ccc(NCC2(CCO)CCC2)c([N+](=O)[O-])c1. The summed E-state index contributed by atoms with van der Waals surface area (Å²) < 4.78 is 23.0. The summed E-state index contributed by atoms with van der Waals surface area (Å²) in [4.78, 5) is 10.5. The zero-order valence-electron chi connectivity index (χ0n) is 12.4. The summed E-state index contributed by atoms with van der Waals surface area (Å²) >= 11 is 0. The number of aliphatic hydroxyl groups is 1. The van der Waals surface area contributed by atoms with Crippen LogP contribution in [0.5, 0.6) is 0 Å². The highest BCUT2D eigenvalue weighted by Crippen LogP contribution is 2.44. The van der Waals surface area contributed by atoms with Crippen LogP contribution in [0.15, 0.2) is 23.1 Å². The van der Waals surface area contributed by atoms with Gasteiger partial charge in [0.15, 0.2) is 9.84 Å². The van der Waals surface area contributed by atoms with Crippen molar-refractivity contribution in [2.75, 3.05) is 24.7 Å². The Bertz CT molecular complexity index is 668. The number of benzene rings is 1. The Hall–Kier alpha value is -1.67. The number of hydrogen-bond acceptors (Lipinski definition) is 6. The quantitative estimate of drug-likeness (QED) is 0.585. The molecule has 1 aliphatic rings. The van der Waals surface area contributed by atoms with Crippen LogP contribution in [0.4, 0.5) is 11.4 Å². The van der Waals surface area contributed by atoms with Crippen molar-refractivity contribution in [1.82, 2.24) is 0 Å². The van der Waals surface area contributed by atoms with Gasteiger partial charge >= 0.3 is 0 Å². The molecule has 0 radical (unpaired) electrons. The minimum atomic E-state index is -3.49. The van der Waals surface area contributed by atoms with Crippen LogP contribution in [0.3, 0.4) is 0 Å². The molecule has 122 valence electrons. The van der Waals surface area contributed by atoms with Gasteiger partial charge in [-0.2, -0.15) is 0 Å². The first kappa shape index (κ1) is 16.7. The molecule has 7 nitrogen and oxygen atoms in total. The molecule has 8 heteroatoms. The van der Waals surface area contributed by atoms with Crippen molar-refractivity contribution in [2.45, 2.75) is 30.6 Å². The molecule has 1 fully saturated rings. The maximum atomic E-state index is 11.5. The number of anilines is 1. The summed E-state index contributed by atoms with van der Waals surface area (Å²) in [6.07, 6.45) is 4.74. The summed E-state index contributed by atoms with van der Waals surface area (Å²) in [7, 11) is -3.49. The lowest BCUT2D eigenvalue weighted by Crippen LogP contribution is -2.37. The number of sulfone groups is 1. The average Bonchev–Trinajstić information content (AvgIpc) is 2.40. The molecule has 0 saturated heterocycles. The van der Waals surface area contributed by atoms with E-state index in [-0.39, 0.29) is 22.6 Å². The topological polar surface area (TPSA) is 110 Å². The van der Waals surface area contributed by atoms with Crippen LogP contribution in [0, 0.1) is 15.5 Å². The minimum Gasteiger partial charge on any atom is -0.396 e. The first-order valence-corrected chi connectivity index (χ1v) is 9.00. The van der Waals surface area contributed by atoms with Gasteiger partial charge in [-0.3, -0.25) is 10.1 Å². The van der Waals surface area contributed by atoms with Crippen LogP contribution >= 0.6 is 0 Å². The molecule has 2 N–H and O–H groups in total. The largest absolute Gasteiger partial charge is 0.396 e. The highest BCUT2D eigenvalue weighted by atomic mass is 32.2. The highest BCUT2D eigenvalue weighted by molar-refractivity contribution is 7.90. The van der Waals surface area contributed by atoms with E-state index in [2.05, 4.69) is 5.32 Å². The Labute approximate surface area is 129 Å². The van der Waals surface area contributed by atoms with Gasteiger partial charge in [-0.05, 0) is 36.8 Å². The van der Waals surface area contributed by atoms with Crippen LogP contribution in [0.2, 0.25) is 0 Å². The Morgan fingerprint density at radius 3 is 2.55 bits per heavy atom. The first-order valence-electron chi connectivity index (χ1n) is 7.11. The van der Waals surface area contributed by atoms with Crippen molar-refractivity contribution in [2.24, 2.45) is 5.41 Å². The summed E-state index contributed by atoms with van der Waals surface area (Å²) in [6, 6.07) is 3.88. The lowest BCUT2D eigenvalue weighted by molar-refractivity contribution is -0.384. The lowest BCUT2D eigenvalue weighted by atomic mass is 9.67. The van der Waals surface area contributed by atoms with Gasteiger partial charge in [-0.1, -0.05) is 6.42 Å². The van der Waals surface area contributed by atoms with E-state index < -0.39 is 14.8 Å². The van der Waals surface area contributed by atoms with Crippen LogP contribution in [0.1, 0.15) is 25.7 Å². The summed E-state index contributed by atoms with van der Waals surface area (Å²) in [6.45, 7) is 0.628. The number of nitro groups is 1. The van der Waals surface area contributed by atoms with Gasteiger partial charge in [0.2, 0.25) is 0 Å². The van der Waals surface area contributed by atoms with Gasteiger partial charge < -0.3 is 10.4 Å². The second kappa shape index (κ2) is 6.21. The third-order valence-electron chi connectivity index (χ3n) is 4.30. The zero-order chi connectivity index (χ0) is 16.4. The Kier molecular flexibility index (Phi) is 4.72. The monoisotopic (exact) mass is 328 g/mol. The predicted octanol–water partition coefficient (Wildman–Crippen LogP) is 1.96. The standard InChI is InChI=1S/C14H20N2O5S/c1-22(20,21)11-3-4-12(13(9-11)16(18)19)15-10-14(7-8-17)5-2-6-14/h3-4,9,15,17H,2,5-8,10H2,1H3. The normalized spacial score (nSPS) is 16.8. The van der Waals surface area contributed by atoms with E-state index >= 15 is 0 Å². The molecule has 1 aliphatic carbocycles. The maximum Gasteiger partial charge on any atom is 0.293 e. The first-order chi connectivity index (χ1) is 10.3. The van der Waals surface area contributed by atoms with Crippen LogP contribution in [0.25, 0.3) is 0 Å². The van der Waals surface area contributed by atoms with Crippen molar-refractivity contribution >= 4 is 21.2 Å². The molecule has 2 rings (SSSR count). The maximum absolute atomic E-state index is 11.5. The third-order valence-corrected chi connectivity index (χ3v) is 5.41. The number of hydrogen-bond donors (Lipinski definition) is 2. The Morgan fingerprint density at radius 2 is 2.09 bits per heavy atom. The molecule has 0 aromatic heterocycles. The molecule has 0 heterocycles. The molecule has 0 bridgehead atoms. The van der Waals surface area contributed by atoms with E-state index in [1.807, 2.05) is 0 Å². The Morgan fingerprint density at radius 1 is 1.41 bits per heavy atom. The van der Waals surface area contributed by atoms with Gasteiger partial charge in [0.05, 0.1) is 9.82 Å². The molecule has 1 aromatic rings. The lowest BCUT2D eigenvalue weighted by Gasteiger charge is -2.42. The summed E-state index contributed by atoms with van der Waals surface area (Å²) in [5.74, 6) is 0. The molecule has 1 aromatic carbocycles. The number of rotatable bonds is 7. The number of nitro benzene ring substituents is 1. The van der Waals surface area contributed by atoms with Gasteiger partial charge in [0.25, 0.3) is 5.69 Å². The molecule has 1 saturated carbocycles. The molecule has 22 heavy (non-hydrogen) atoms. The summed E-state index contributed by atoms with van der Waals surface area (Å²) in [5, 5.41) is 23.3. The van der Waals surface area contributed by atoms with Crippen molar-refractivity contribution in [3.63, 3.8) is 0 Å². The van der Waals surface area contributed by atoms with Crippen LogP contribution in [-0.4, -0.2) is 37.9 Å². The van der Waals surface area contributed by atoms with Gasteiger partial charge in [0, 0.05) is 25.5 Å². The van der Waals surface area contributed by atoms with Crippen molar-refractivity contribution in [1.29, 1.82) is 0 Å². The Balaban J connectivity index is 2.22. The fourth-order valence-corrected chi connectivity index (χ4v) is 3.40. The van der Waals surface area contributed by atoms with E-state index in [1.54, 1.807) is 0 Å². The van der Waals surface area contributed by atoms with E-state index in [4.69, 9.17) is 5.11 Å². The molecule has 0 aliphatic heterocycles. The van der Waals surface area contributed by atoms with Gasteiger partial charge in [-0.15, -0.1) is 0 Å². The van der Waals surface area contributed by atoms with E-state index in [1.165, 1.54) is 12.1 Å². The molecule has 0 amide bonds. The number of nitrogens with one attached hydrogen (secondary N) is 1. The molecule has 0 atom stereocenters. The summed E-state index contributed by atoms with van der Waals surface area (Å²) in [5.41, 5.74) is 0.0426. The van der Waals surface area contributed by atoms with E-state index in [0.29, 0.717) is 18.7 Å². The second-order valence-corrected chi connectivity index (χ2v) is 7.90. The van der Waals surface area contributed by atoms with E-state index in [0.717, 1.165) is 31.6 Å². The molecular formula is C14H20N2O5S. The van der Waals surface area contributed by atoms with Gasteiger partial charge in [-0.25, -0.2) is 8.42 Å². The van der Waals surface area contributed by atoms with Gasteiger partial charge in [0.1, 0.15) is 5.69 Å². The van der Waals surface area contributed by atoms with Crippen molar-refractivity contribution in [3.05, 3.63) is 28.3 Å². The highest BCUT2D eigenvalue weighted by Gasteiger charge is 2.36. The molecular weight excluding hydrogens is 308 g/mol. The van der Waals surface area contributed by atoms with Crippen LogP contribution in [-0.2, 0) is 9.84 Å². The fraction of sp³-hybridized carbons (Fsp3) is 0.571. The number of nitrogens with zero attached hydrogens (tertiary/aromatic N) is 1. The van der Waals surface area contributed by atoms with Crippen LogP contribution < -0.4 is 5.32 Å². The molecule has 0 spiro atoms. The zero-order valence-corrected chi connectivity index (χ0v) is 13.2. The smallest absolute Gasteiger partial charge is 0.293 e. The second-order valence-electron chi connectivity index (χ2n) is 5.89. The number of aliphatic hydroxyl groups excluding tert-OH is 1. The minimum absolute atomic E-state index is 0.0158. The average molecular weight is 328 g/mol. The predicted molar refractivity (Wildman–Crippen MR) is 82.7 cm³/mol. The van der Waals surface area contributed by atoms with E-state index in [9.17, 15) is 18.5 Å². The van der Waals surface area contributed by atoms with Crippen molar-refractivity contribution < 1.29 is 18.4 Å².